The summed E-state index contributed by atoms with van der Waals surface area (Å²) >= 11 is 3.43. The molecule has 1 aliphatic carbocycles. The second kappa shape index (κ2) is 6.18. The fourth-order valence-electron chi connectivity index (χ4n) is 2.05. The van der Waals surface area contributed by atoms with Crippen molar-refractivity contribution in [3.05, 3.63) is 33.8 Å². The fraction of sp³-hybridized carbons (Fsp3) is 0.429. The van der Waals surface area contributed by atoms with Crippen LogP contribution in [-0.2, 0) is 6.54 Å². The molecule has 0 radical (unpaired) electrons. The van der Waals surface area contributed by atoms with E-state index in [9.17, 15) is 4.79 Å². The molecule has 0 heterocycles. The molecule has 1 fully saturated rings. The predicted octanol–water partition coefficient (Wildman–Crippen LogP) is 3.03. The van der Waals surface area contributed by atoms with Crippen molar-refractivity contribution in [3.63, 3.8) is 0 Å². The molecule has 1 aliphatic rings. The minimum absolute atomic E-state index is 0.283. The molecule has 0 unspecified atom stereocenters. The lowest BCUT2D eigenvalue weighted by Crippen LogP contribution is -2.26. The van der Waals surface area contributed by atoms with Crippen LogP contribution in [0.5, 0.6) is 0 Å². The lowest BCUT2D eigenvalue weighted by atomic mass is 10.1. The number of nitriles is 1. The number of carboxylic acid groups (broad SMARTS) is 1. The van der Waals surface area contributed by atoms with Gasteiger partial charge < -0.3 is 5.11 Å². The van der Waals surface area contributed by atoms with E-state index in [-0.39, 0.29) is 5.56 Å². The third-order valence-electron chi connectivity index (χ3n) is 3.25. The second-order valence-electron chi connectivity index (χ2n) is 4.72. The van der Waals surface area contributed by atoms with Gasteiger partial charge in [-0.1, -0.05) is 22.0 Å². The molecule has 1 saturated carbocycles. The zero-order valence-corrected chi connectivity index (χ0v) is 12.1. The van der Waals surface area contributed by atoms with Crippen LogP contribution in [0.15, 0.2) is 22.7 Å². The number of hydrogen-bond acceptors (Lipinski definition) is 3. The number of carboxylic acids is 1. The van der Waals surface area contributed by atoms with Gasteiger partial charge >= 0.3 is 5.97 Å². The highest BCUT2D eigenvalue weighted by molar-refractivity contribution is 9.10. The number of benzene rings is 1. The van der Waals surface area contributed by atoms with E-state index in [1.165, 1.54) is 12.8 Å². The van der Waals surface area contributed by atoms with Crippen molar-refractivity contribution in [1.82, 2.24) is 4.90 Å². The molecular weight excluding hydrogens is 308 g/mol. The number of aromatic carboxylic acids is 1. The highest BCUT2D eigenvalue weighted by atomic mass is 79.9. The van der Waals surface area contributed by atoms with Crippen molar-refractivity contribution in [2.45, 2.75) is 31.8 Å². The van der Waals surface area contributed by atoms with Gasteiger partial charge in [-0.3, -0.25) is 4.90 Å². The average molecular weight is 323 g/mol. The Balaban J connectivity index is 2.08. The second-order valence-corrected chi connectivity index (χ2v) is 5.58. The Hall–Kier alpha value is -1.38. The van der Waals surface area contributed by atoms with E-state index in [2.05, 4.69) is 26.9 Å². The fourth-order valence-corrected chi connectivity index (χ4v) is 2.56. The van der Waals surface area contributed by atoms with Gasteiger partial charge in [0.05, 0.1) is 11.6 Å². The summed E-state index contributed by atoms with van der Waals surface area (Å²) in [5.74, 6) is -0.921. The summed E-state index contributed by atoms with van der Waals surface area (Å²) in [7, 11) is 0. The summed E-state index contributed by atoms with van der Waals surface area (Å²) in [6.07, 6.45) is 2.91. The first-order valence-corrected chi connectivity index (χ1v) is 7.04. The van der Waals surface area contributed by atoms with Gasteiger partial charge in [-0.25, -0.2) is 4.79 Å². The molecule has 0 atom stereocenters. The van der Waals surface area contributed by atoms with E-state index in [0.717, 1.165) is 23.1 Å². The number of rotatable bonds is 6. The average Bonchev–Trinajstić information content (AvgIpc) is 3.20. The zero-order chi connectivity index (χ0) is 13.8. The van der Waals surface area contributed by atoms with E-state index in [1.54, 1.807) is 12.1 Å². The summed E-state index contributed by atoms with van der Waals surface area (Å²) in [6, 6.07) is 7.85. The molecule has 0 amide bonds. The molecule has 0 aromatic heterocycles. The van der Waals surface area contributed by atoms with Crippen LogP contribution in [0.4, 0.5) is 0 Å². The molecule has 1 N–H and O–H groups in total. The van der Waals surface area contributed by atoms with E-state index in [4.69, 9.17) is 10.4 Å². The maximum absolute atomic E-state index is 10.9. The lowest BCUT2D eigenvalue weighted by Gasteiger charge is -2.21. The quantitative estimate of drug-likeness (QED) is 0.874. The third kappa shape index (κ3) is 3.79. The van der Waals surface area contributed by atoms with Gasteiger partial charge in [-0.05, 0) is 30.5 Å². The minimum atomic E-state index is -0.921. The molecule has 1 aromatic carbocycles. The minimum Gasteiger partial charge on any atom is -0.478 e. The SMILES string of the molecule is N#CCCN(Cc1ccc(C(=O)O)cc1Br)C1CC1. The van der Waals surface area contributed by atoms with Crippen LogP contribution in [0.2, 0.25) is 0 Å². The van der Waals surface area contributed by atoms with Crippen LogP contribution in [-0.4, -0.2) is 28.6 Å². The molecule has 100 valence electrons. The van der Waals surface area contributed by atoms with Gasteiger partial charge in [-0.15, -0.1) is 0 Å². The monoisotopic (exact) mass is 322 g/mol. The molecule has 4 nitrogen and oxygen atoms in total. The van der Waals surface area contributed by atoms with E-state index in [1.807, 2.05) is 6.07 Å². The van der Waals surface area contributed by atoms with Crippen LogP contribution in [0.3, 0.4) is 0 Å². The van der Waals surface area contributed by atoms with Gasteiger partial charge in [-0.2, -0.15) is 5.26 Å². The first-order valence-electron chi connectivity index (χ1n) is 6.24. The Bertz CT molecular complexity index is 521. The van der Waals surface area contributed by atoms with Crippen LogP contribution < -0.4 is 0 Å². The predicted molar refractivity (Wildman–Crippen MR) is 74.8 cm³/mol. The van der Waals surface area contributed by atoms with Crippen molar-refractivity contribution >= 4 is 21.9 Å². The summed E-state index contributed by atoms with van der Waals surface area (Å²) in [6.45, 7) is 1.53. The van der Waals surface area contributed by atoms with Gasteiger partial charge in [0.1, 0.15) is 0 Å². The summed E-state index contributed by atoms with van der Waals surface area (Å²) in [5.41, 5.74) is 1.35. The molecule has 2 rings (SSSR count). The van der Waals surface area contributed by atoms with Gasteiger partial charge in [0.15, 0.2) is 0 Å². The van der Waals surface area contributed by atoms with E-state index >= 15 is 0 Å². The summed E-state index contributed by atoms with van der Waals surface area (Å²) < 4.78 is 0.815. The number of hydrogen-bond donors (Lipinski definition) is 1. The third-order valence-corrected chi connectivity index (χ3v) is 3.99. The Morgan fingerprint density at radius 2 is 2.26 bits per heavy atom. The van der Waals surface area contributed by atoms with Crippen molar-refractivity contribution in [1.29, 1.82) is 5.26 Å². The highest BCUT2D eigenvalue weighted by Gasteiger charge is 2.28. The summed E-state index contributed by atoms with van der Waals surface area (Å²) in [4.78, 5) is 13.2. The van der Waals surface area contributed by atoms with Gasteiger partial charge in [0.2, 0.25) is 0 Å². The van der Waals surface area contributed by atoms with Crippen LogP contribution >= 0.6 is 15.9 Å². The molecular formula is C14H15BrN2O2. The number of halogens is 1. The van der Waals surface area contributed by atoms with Crippen molar-refractivity contribution in [3.8, 4) is 6.07 Å². The van der Waals surface area contributed by atoms with Crippen LogP contribution in [0, 0.1) is 11.3 Å². The largest absolute Gasteiger partial charge is 0.478 e. The molecule has 0 bridgehead atoms. The smallest absolute Gasteiger partial charge is 0.335 e. The van der Waals surface area contributed by atoms with Gasteiger partial charge in [0.25, 0.3) is 0 Å². The molecule has 5 heteroatoms. The molecule has 0 spiro atoms. The summed E-state index contributed by atoms with van der Waals surface area (Å²) in [5, 5.41) is 17.6. The number of nitrogens with zero attached hydrogens (tertiary/aromatic N) is 2. The topological polar surface area (TPSA) is 64.3 Å². The van der Waals surface area contributed by atoms with E-state index < -0.39 is 5.97 Å². The standard InChI is InChI=1S/C14H15BrN2O2/c15-13-8-10(14(18)19)2-3-11(13)9-17(7-1-6-16)12-4-5-12/h2-3,8,12H,1,4-5,7,9H2,(H,18,19). The maximum Gasteiger partial charge on any atom is 0.335 e. The Morgan fingerprint density at radius 3 is 2.79 bits per heavy atom. The zero-order valence-electron chi connectivity index (χ0n) is 10.5. The Kier molecular flexibility index (Phi) is 4.56. The first-order chi connectivity index (χ1) is 9.11. The molecule has 0 aliphatic heterocycles. The van der Waals surface area contributed by atoms with Crippen molar-refractivity contribution in [2.75, 3.05) is 6.54 Å². The Labute approximate surface area is 120 Å². The van der Waals surface area contributed by atoms with Crippen molar-refractivity contribution < 1.29 is 9.90 Å². The number of carbonyl (C=O) groups is 1. The molecule has 19 heavy (non-hydrogen) atoms. The van der Waals surface area contributed by atoms with Gasteiger partial charge in [0, 0.05) is 30.0 Å². The van der Waals surface area contributed by atoms with Crippen LogP contribution in [0.1, 0.15) is 35.2 Å². The van der Waals surface area contributed by atoms with E-state index in [0.29, 0.717) is 12.5 Å². The Morgan fingerprint density at radius 1 is 1.53 bits per heavy atom. The van der Waals surface area contributed by atoms with Crippen LogP contribution in [0.25, 0.3) is 0 Å². The highest BCUT2D eigenvalue weighted by Crippen LogP contribution is 2.30. The maximum atomic E-state index is 10.9. The molecule has 0 saturated heterocycles. The normalized spacial score (nSPS) is 14.4. The lowest BCUT2D eigenvalue weighted by molar-refractivity contribution is 0.0697. The van der Waals surface area contributed by atoms with Crippen molar-refractivity contribution in [2.24, 2.45) is 0 Å². The molecule has 1 aromatic rings. The first kappa shape index (κ1) is 14.0.